The van der Waals surface area contributed by atoms with Gasteiger partial charge in [0.2, 0.25) is 5.91 Å². The summed E-state index contributed by atoms with van der Waals surface area (Å²) in [5.41, 5.74) is 4.63. The lowest BCUT2D eigenvalue weighted by atomic mass is 10.0. The van der Waals surface area contributed by atoms with Crippen molar-refractivity contribution in [1.29, 1.82) is 0 Å². The first kappa shape index (κ1) is 25.6. The van der Waals surface area contributed by atoms with Crippen molar-refractivity contribution in [3.8, 4) is 22.5 Å². The maximum absolute atomic E-state index is 12.2. The molecule has 0 radical (unpaired) electrons. The molecule has 2 aromatic carbocycles. The van der Waals surface area contributed by atoms with Crippen LogP contribution in [0.1, 0.15) is 64.7 Å². The van der Waals surface area contributed by atoms with Crippen LogP contribution >= 0.6 is 11.8 Å². The number of amides is 1. The number of nitrogens with zero attached hydrogens (tertiary/aromatic N) is 2. The Morgan fingerprint density at radius 1 is 1.00 bits per heavy atom. The van der Waals surface area contributed by atoms with Crippen LogP contribution < -0.4 is 5.32 Å². The molecule has 1 heterocycles. The van der Waals surface area contributed by atoms with Gasteiger partial charge in [0, 0.05) is 36.4 Å². The second kappa shape index (κ2) is 13.5. The van der Waals surface area contributed by atoms with Crippen LogP contribution in [-0.2, 0) is 11.3 Å². The Balaban J connectivity index is 1.35. The summed E-state index contributed by atoms with van der Waals surface area (Å²) in [5.74, 6) is 2.01. The summed E-state index contributed by atoms with van der Waals surface area (Å²) >= 11 is 1.84. The van der Waals surface area contributed by atoms with Crippen molar-refractivity contribution >= 4 is 17.7 Å². The van der Waals surface area contributed by atoms with E-state index in [2.05, 4.69) is 77.5 Å². The van der Waals surface area contributed by atoms with Crippen molar-refractivity contribution in [2.24, 2.45) is 5.92 Å². The minimum Gasteiger partial charge on any atom is -0.356 e. The van der Waals surface area contributed by atoms with E-state index in [1.54, 1.807) is 0 Å². The molecule has 0 atom stereocenters. The predicted molar refractivity (Wildman–Crippen MR) is 148 cm³/mol. The summed E-state index contributed by atoms with van der Waals surface area (Å²) in [4.78, 5) is 17.3. The van der Waals surface area contributed by atoms with E-state index < -0.39 is 0 Å². The molecular formula is C30H39N3OS. The van der Waals surface area contributed by atoms with Crippen LogP contribution in [0.3, 0.4) is 0 Å². The molecule has 0 aliphatic heterocycles. The Morgan fingerprint density at radius 3 is 2.37 bits per heavy atom. The zero-order chi connectivity index (χ0) is 24.3. The highest BCUT2D eigenvalue weighted by molar-refractivity contribution is 7.99. The lowest BCUT2D eigenvalue weighted by molar-refractivity contribution is -0.121. The molecule has 1 aliphatic rings. The van der Waals surface area contributed by atoms with Crippen LogP contribution in [0, 0.1) is 5.92 Å². The Hall–Kier alpha value is -2.53. The largest absolute Gasteiger partial charge is 0.356 e. The van der Waals surface area contributed by atoms with Gasteiger partial charge in [0.15, 0.2) is 5.16 Å². The number of hydrogen-bond donors (Lipinski definition) is 1. The van der Waals surface area contributed by atoms with Crippen LogP contribution in [-0.4, -0.2) is 27.8 Å². The van der Waals surface area contributed by atoms with Gasteiger partial charge in [-0.2, -0.15) is 0 Å². The molecule has 4 rings (SSSR count). The molecule has 0 spiro atoms. The van der Waals surface area contributed by atoms with Crippen LogP contribution in [0.15, 0.2) is 65.8 Å². The van der Waals surface area contributed by atoms with E-state index in [-0.39, 0.29) is 5.91 Å². The molecule has 1 N–H and O–H groups in total. The average Bonchev–Trinajstić information content (AvgIpc) is 3.54. The Morgan fingerprint density at radius 2 is 1.69 bits per heavy atom. The molecule has 5 heteroatoms. The van der Waals surface area contributed by atoms with Gasteiger partial charge in [-0.05, 0) is 31.6 Å². The van der Waals surface area contributed by atoms with E-state index in [1.165, 1.54) is 36.9 Å². The fraction of sp³-hybridized carbons (Fsp3) is 0.467. The summed E-state index contributed by atoms with van der Waals surface area (Å²) in [6, 6.07) is 21.1. The molecule has 1 aromatic heterocycles. The number of hydrogen-bond acceptors (Lipinski definition) is 3. The van der Waals surface area contributed by atoms with E-state index in [0.29, 0.717) is 6.42 Å². The second-order valence-electron chi connectivity index (χ2n) is 9.57. The van der Waals surface area contributed by atoms with Gasteiger partial charge in [0.05, 0.1) is 11.4 Å². The molecular weight excluding hydrogens is 450 g/mol. The van der Waals surface area contributed by atoms with Crippen molar-refractivity contribution in [3.05, 3.63) is 60.7 Å². The van der Waals surface area contributed by atoms with Gasteiger partial charge in [-0.3, -0.25) is 4.79 Å². The van der Waals surface area contributed by atoms with Gasteiger partial charge in [-0.1, -0.05) is 105 Å². The van der Waals surface area contributed by atoms with E-state index in [0.717, 1.165) is 66.9 Å². The fourth-order valence-corrected chi connectivity index (χ4v) is 6.03. The molecule has 0 bridgehead atoms. The summed E-state index contributed by atoms with van der Waals surface area (Å²) in [7, 11) is 0. The van der Waals surface area contributed by atoms with Crippen molar-refractivity contribution in [3.63, 3.8) is 0 Å². The monoisotopic (exact) mass is 489 g/mol. The Bertz CT molecular complexity index is 1040. The van der Waals surface area contributed by atoms with Crippen LogP contribution in [0.2, 0.25) is 0 Å². The number of benzene rings is 2. The molecule has 0 saturated heterocycles. The normalized spacial score (nSPS) is 13.9. The number of rotatable bonds is 13. The molecule has 1 fully saturated rings. The molecule has 1 amide bonds. The lowest BCUT2D eigenvalue weighted by Crippen LogP contribution is -2.24. The number of imidazole rings is 1. The zero-order valence-electron chi connectivity index (χ0n) is 21.0. The van der Waals surface area contributed by atoms with Gasteiger partial charge >= 0.3 is 0 Å². The van der Waals surface area contributed by atoms with E-state index in [1.807, 2.05) is 11.8 Å². The molecule has 35 heavy (non-hydrogen) atoms. The number of aromatic nitrogens is 2. The highest BCUT2D eigenvalue weighted by Crippen LogP contribution is 2.36. The quantitative estimate of drug-likeness (QED) is 0.199. The number of nitrogens with one attached hydrogen (secondary N) is 1. The third-order valence-electron chi connectivity index (χ3n) is 6.85. The topological polar surface area (TPSA) is 46.9 Å². The predicted octanol–water partition coefficient (Wildman–Crippen LogP) is 7.59. The van der Waals surface area contributed by atoms with Crippen LogP contribution in [0.25, 0.3) is 22.5 Å². The number of thioether (sulfide) groups is 1. The van der Waals surface area contributed by atoms with Gasteiger partial charge in [0.25, 0.3) is 0 Å². The van der Waals surface area contributed by atoms with Crippen LogP contribution in [0.5, 0.6) is 0 Å². The highest BCUT2D eigenvalue weighted by Gasteiger charge is 2.20. The van der Waals surface area contributed by atoms with Gasteiger partial charge in [-0.15, -0.1) is 0 Å². The molecule has 1 saturated carbocycles. The smallest absolute Gasteiger partial charge is 0.220 e. The van der Waals surface area contributed by atoms with E-state index in [4.69, 9.17) is 4.98 Å². The third kappa shape index (κ3) is 7.23. The van der Waals surface area contributed by atoms with Crippen molar-refractivity contribution in [2.75, 3.05) is 12.3 Å². The molecule has 0 unspecified atom stereocenters. The molecule has 4 nitrogen and oxygen atoms in total. The molecule has 186 valence electrons. The maximum Gasteiger partial charge on any atom is 0.220 e. The first-order chi connectivity index (χ1) is 17.3. The summed E-state index contributed by atoms with van der Waals surface area (Å²) in [6.45, 7) is 3.95. The fourth-order valence-electron chi connectivity index (χ4n) is 5.00. The maximum atomic E-state index is 12.2. The van der Waals surface area contributed by atoms with Gasteiger partial charge < -0.3 is 9.88 Å². The standard InChI is InChI=1S/C30H39N3OS/c1-2-22-33-29(26-17-7-4-8-18-26)28(25-15-5-3-6-16-25)32-30(33)35-23-12-11-21-31-27(34)20-19-24-13-9-10-14-24/h3-8,15-18,24H,2,9-14,19-23H2,1H3,(H,31,34). The van der Waals surface area contributed by atoms with Crippen molar-refractivity contribution < 1.29 is 4.79 Å². The minimum absolute atomic E-state index is 0.225. The number of unbranched alkanes of at least 4 members (excludes halogenated alkanes) is 1. The van der Waals surface area contributed by atoms with Gasteiger partial charge in [-0.25, -0.2) is 4.98 Å². The minimum atomic E-state index is 0.225. The van der Waals surface area contributed by atoms with E-state index in [9.17, 15) is 4.79 Å². The number of carbonyl (C=O) groups is 1. The second-order valence-corrected chi connectivity index (χ2v) is 10.6. The molecule has 3 aromatic rings. The summed E-state index contributed by atoms with van der Waals surface area (Å²) in [6.07, 6.45) is 10.2. The Labute approximate surface area is 214 Å². The molecule has 1 aliphatic carbocycles. The van der Waals surface area contributed by atoms with Crippen molar-refractivity contribution in [2.45, 2.75) is 76.4 Å². The van der Waals surface area contributed by atoms with Crippen LogP contribution in [0.4, 0.5) is 0 Å². The Kier molecular flexibility index (Phi) is 9.88. The first-order valence-corrected chi connectivity index (χ1v) is 14.4. The summed E-state index contributed by atoms with van der Waals surface area (Å²) in [5, 5.41) is 4.21. The third-order valence-corrected chi connectivity index (χ3v) is 7.92. The van der Waals surface area contributed by atoms with E-state index >= 15 is 0 Å². The summed E-state index contributed by atoms with van der Waals surface area (Å²) < 4.78 is 2.40. The van der Waals surface area contributed by atoms with Crippen molar-refractivity contribution in [1.82, 2.24) is 14.9 Å². The number of carbonyl (C=O) groups excluding carboxylic acids is 1. The average molecular weight is 490 g/mol. The lowest BCUT2D eigenvalue weighted by Gasteiger charge is -2.12. The first-order valence-electron chi connectivity index (χ1n) is 13.4. The highest BCUT2D eigenvalue weighted by atomic mass is 32.2. The van der Waals surface area contributed by atoms with Gasteiger partial charge in [0.1, 0.15) is 0 Å². The zero-order valence-corrected chi connectivity index (χ0v) is 21.9. The SMILES string of the molecule is CCCn1c(SCCCCNC(=O)CCC2CCCC2)nc(-c2ccccc2)c1-c1ccccc1.